The molecule has 0 spiro atoms. The van der Waals surface area contributed by atoms with Crippen LogP contribution in [0.3, 0.4) is 0 Å². The van der Waals surface area contributed by atoms with Gasteiger partial charge < -0.3 is 28.5 Å². The molecular formula is C46H48N2O8Si. The second-order valence-electron chi connectivity index (χ2n) is 15.1. The molecule has 0 bridgehead atoms. The van der Waals surface area contributed by atoms with Crippen molar-refractivity contribution >= 4 is 18.7 Å². The van der Waals surface area contributed by atoms with E-state index in [9.17, 15) is 14.7 Å². The molecule has 0 unspecified atom stereocenters. The van der Waals surface area contributed by atoms with E-state index in [1.807, 2.05) is 115 Å². The number of aliphatic hydroxyl groups is 1. The van der Waals surface area contributed by atoms with E-state index < -0.39 is 54.7 Å². The molecule has 4 atom stereocenters. The average molecular weight is 785 g/mol. The Labute approximate surface area is 333 Å². The maximum absolute atomic E-state index is 13.5. The van der Waals surface area contributed by atoms with E-state index in [4.69, 9.17) is 23.4 Å². The van der Waals surface area contributed by atoms with Crippen LogP contribution in [0.2, 0.25) is 5.04 Å². The number of benzene rings is 5. The van der Waals surface area contributed by atoms with Gasteiger partial charge in [0.2, 0.25) is 0 Å². The fraction of sp³-hybridized carbons (Fsp3) is 0.261. The van der Waals surface area contributed by atoms with Crippen LogP contribution in [-0.2, 0) is 19.5 Å². The van der Waals surface area contributed by atoms with Gasteiger partial charge in [-0.1, -0.05) is 136 Å². The molecule has 11 heteroatoms. The van der Waals surface area contributed by atoms with E-state index in [1.165, 1.54) is 16.8 Å². The van der Waals surface area contributed by atoms with E-state index in [0.717, 1.165) is 27.1 Å². The van der Waals surface area contributed by atoms with Gasteiger partial charge in [-0.05, 0) is 56.4 Å². The molecule has 5 aromatic carbocycles. The first-order valence-corrected chi connectivity index (χ1v) is 20.8. The van der Waals surface area contributed by atoms with Crippen LogP contribution in [0.25, 0.3) is 0 Å². The second-order valence-corrected chi connectivity index (χ2v) is 19.4. The van der Waals surface area contributed by atoms with Crippen LogP contribution >= 0.6 is 0 Å². The van der Waals surface area contributed by atoms with Gasteiger partial charge in [0, 0.05) is 12.3 Å². The largest absolute Gasteiger partial charge is 0.497 e. The van der Waals surface area contributed by atoms with E-state index >= 15 is 0 Å². The molecular weight excluding hydrogens is 737 g/mol. The Kier molecular flexibility index (Phi) is 11.5. The highest BCUT2D eigenvalue weighted by molar-refractivity contribution is 6.99. The van der Waals surface area contributed by atoms with Gasteiger partial charge in [0.25, 0.3) is 13.9 Å². The van der Waals surface area contributed by atoms with Gasteiger partial charge >= 0.3 is 5.69 Å². The fourth-order valence-corrected chi connectivity index (χ4v) is 12.7. The molecule has 1 fully saturated rings. The van der Waals surface area contributed by atoms with Crippen molar-refractivity contribution < 1.29 is 28.5 Å². The maximum atomic E-state index is 13.5. The van der Waals surface area contributed by atoms with E-state index in [-0.39, 0.29) is 6.61 Å². The summed E-state index contributed by atoms with van der Waals surface area (Å²) in [7, 11) is -0.0789. The third kappa shape index (κ3) is 7.52. The smallest absolute Gasteiger partial charge is 0.330 e. The quantitative estimate of drug-likeness (QED) is 0.112. The third-order valence-electron chi connectivity index (χ3n) is 10.8. The van der Waals surface area contributed by atoms with Crippen LogP contribution in [0.15, 0.2) is 161 Å². The number of nitrogens with zero attached hydrogens (tertiary/aromatic N) is 1. The standard InChI is InChI=1S/C46H48N2O8Si/c1-45(2,3)57(37-17-11-7-12-18-37,38-19-13-8-14-20-38)56-42-41(50)39(55-43(42)48-30-29-40(49)47-44(48)51)31-54-46(32-15-9-6-10-16-32,33-21-25-35(52-4)26-22-33)34-23-27-36(53-5)28-24-34/h6-30,39,41-43,50H,31H2,1-5H3,(H,47,49,51)/t39-,41-,42-,43-/m1/s1. The summed E-state index contributed by atoms with van der Waals surface area (Å²) in [5.41, 5.74) is 0.00489. The Hall–Kier alpha value is -5.56. The Morgan fingerprint density at radius 2 is 1.16 bits per heavy atom. The van der Waals surface area contributed by atoms with Crippen molar-refractivity contribution in [2.24, 2.45) is 0 Å². The lowest BCUT2D eigenvalue weighted by Gasteiger charge is -2.45. The zero-order chi connectivity index (χ0) is 40.2. The van der Waals surface area contributed by atoms with E-state index in [2.05, 4.69) is 50.0 Å². The molecule has 6 aromatic rings. The van der Waals surface area contributed by atoms with Gasteiger partial charge in [-0.3, -0.25) is 14.3 Å². The number of ether oxygens (including phenoxy) is 4. The molecule has 57 heavy (non-hydrogen) atoms. The van der Waals surface area contributed by atoms with Crippen molar-refractivity contribution in [1.29, 1.82) is 0 Å². The molecule has 2 heterocycles. The second kappa shape index (κ2) is 16.5. The highest BCUT2D eigenvalue weighted by Crippen LogP contribution is 2.45. The number of nitrogens with one attached hydrogen (secondary N) is 1. The van der Waals surface area contributed by atoms with Gasteiger partial charge in [0.15, 0.2) is 6.23 Å². The molecule has 1 aromatic heterocycles. The zero-order valence-corrected chi connectivity index (χ0v) is 33.7. The number of rotatable bonds is 13. The van der Waals surface area contributed by atoms with E-state index in [0.29, 0.717) is 11.5 Å². The Morgan fingerprint density at radius 3 is 1.61 bits per heavy atom. The van der Waals surface area contributed by atoms with Crippen molar-refractivity contribution in [3.05, 3.63) is 189 Å². The molecule has 7 rings (SSSR count). The average Bonchev–Trinajstić information content (AvgIpc) is 3.54. The normalized spacial score (nSPS) is 18.6. The summed E-state index contributed by atoms with van der Waals surface area (Å²) in [6.45, 7) is 6.30. The number of hydrogen-bond donors (Lipinski definition) is 2. The molecule has 0 saturated carbocycles. The number of hydrogen-bond acceptors (Lipinski definition) is 8. The molecule has 294 valence electrons. The van der Waals surface area contributed by atoms with Crippen LogP contribution in [0.4, 0.5) is 0 Å². The first-order valence-electron chi connectivity index (χ1n) is 18.9. The summed E-state index contributed by atoms with van der Waals surface area (Å²) in [5.74, 6) is 1.37. The van der Waals surface area contributed by atoms with Gasteiger partial charge in [-0.15, -0.1) is 0 Å². The minimum Gasteiger partial charge on any atom is -0.497 e. The fourth-order valence-electron chi connectivity index (χ4n) is 8.01. The van der Waals surface area contributed by atoms with Crippen molar-refractivity contribution in [1.82, 2.24) is 9.55 Å². The molecule has 0 radical (unpaired) electrons. The van der Waals surface area contributed by atoms with Crippen molar-refractivity contribution in [3.8, 4) is 11.5 Å². The summed E-state index contributed by atoms with van der Waals surface area (Å²) in [6, 6.07) is 46.6. The Morgan fingerprint density at radius 1 is 0.684 bits per heavy atom. The third-order valence-corrected chi connectivity index (χ3v) is 15.8. The molecule has 10 nitrogen and oxygen atoms in total. The summed E-state index contributed by atoms with van der Waals surface area (Å²) in [4.78, 5) is 28.1. The molecule has 1 aliphatic rings. The number of H-pyrrole nitrogens is 1. The lowest BCUT2D eigenvalue weighted by Crippen LogP contribution is -2.69. The topological polar surface area (TPSA) is 121 Å². The molecule has 0 amide bonds. The maximum Gasteiger partial charge on any atom is 0.330 e. The molecule has 1 aliphatic heterocycles. The number of aliphatic hydroxyl groups excluding tert-OH is 1. The number of methoxy groups -OCH3 is 2. The number of aromatic amines is 1. The van der Waals surface area contributed by atoms with Crippen LogP contribution in [0.5, 0.6) is 11.5 Å². The first-order chi connectivity index (χ1) is 27.5. The van der Waals surface area contributed by atoms with Gasteiger partial charge in [0.05, 0.1) is 20.8 Å². The molecule has 2 N–H and O–H groups in total. The van der Waals surface area contributed by atoms with Crippen LogP contribution < -0.4 is 31.1 Å². The van der Waals surface area contributed by atoms with Gasteiger partial charge in [-0.2, -0.15) is 0 Å². The summed E-state index contributed by atoms with van der Waals surface area (Å²) >= 11 is 0. The van der Waals surface area contributed by atoms with Crippen molar-refractivity contribution in [2.75, 3.05) is 20.8 Å². The lowest BCUT2D eigenvalue weighted by molar-refractivity contribution is -0.0956. The zero-order valence-electron chi connectivity index (χ0n) is 32.7. The van der Waals surface area contributed by atoms with Crippen LogP contribution in [0.1, 0.15) is 43.7 Å². The monoisotopic (exact) mass is 784 g/mol. The Balaban J connectivity index is 1.36. The predicted octanol–water partition coefficient (Wildman–Crippen LogP) is 5.77. The van der Waals surface area contributed by atoms with Crippen molar-refractivity contribution in [2.45, 2.75) is 56.0 Å². The SMILES string of the molecule is COc1ccc(C(OC[C@H]2O[C@@H](n3ccc(=O)[nH]c3=O)[C@H](O[Si](c3ccccc3)(c3ccccc3)C(C)(C)C)[C@@H]2O)(c2ccccc2)c2ccc(OC)cc2)cc1. The van der Waals surface area contributed by atoms with Crippen LogP contribution in [-0.4, -0.2) is 62.1 Å². The number of aromatic nitrogens is 2. The highest BCUT2D eigenvalue weighted by atomic mass is 28.4. The lowest BCUT2D eigenvalue weighted by atomic mass is 9.80. The van der Waals surface area contributed by atoms with Crippen LogP contribution in [0, 0.1) is 0 Å². The Bertz CT molecular complexity index is 2260. The summed E-state index contributed by atoms with van der Waals surface area (Å²) < 4.78 is 33.7. The van der Waals surface area contributed by atoms with Gasteiger partial charge in [-0.25, -0.2) is 4.79 Å². The molecule has 0 aliphatic carbocycles. The summed E-state index contributed by atoms with van der Waals surface area (Å²) in [5, 5.41) is 14.1. The minimum atomic E-state index is -3.32. The van der Waals surface area contributed by atoms with Gasteiger partial charge in [0.1, 0.15) is 35.4 Å². The molecule has 1 saturated heterocycles. The van der Waals surface area contributed by atoms with E-state index in [1.54, 1.807) is 14.2 Å². The summed E-state index contributed by atoms with van der Waals surface area (Å²) in [6.07, 6.45) is -3.09. The van der Waals surface area contributed by atoms with Crippen molar-refractivity contribution in [3.63, 3.8) is 0 Å². The highest BCUT2D eigenvalue weighted by Gasteiger charge is 2.57. The minimum absolute atomic E-state index is 0.122. The first kappa shape index (κ1) is 39.7. The predicted molar refractivity (Wildman–Crippen MR) is 222 cm³/mol.